The summed E-state index contributed by atoms with van der Waals surface area (Å²) < 4.78 is 5.95. The van der Waals surface area contributed by atoms with Gasteiger partial charge in [-0.05, 0) is 48.0 Å². The number of imidazole rings is 1. The lowest BCUT2D eigenvalue weighted by molar-refractivity contribution is 0.102. The Labute approximate surface area is 193 Å². The van der Waals surface area contributed by atoms with Gasteiger partial charge in [0.05, 0.1) is 28.6 Å². The SMILES string of the molecule is O=C1Nc2cc(CNCc3cnc(-c4ccc5nc[nH]c5c4)s3)ccc2Oc2ccccc21. The van der Waals surface area contributed by atoms with Crippen molar-refractivity contribution in [3.63, 3.8) is 0 Å². The first kappa shape index (κ1) is 19.7. The number of hydrogen-bond acceptors (Lipinski definition) is 6. The average Bonchev–Trinajstić information content (AvgIpc) is 3.47. The first-order valence-electron chi connectivity index (χ1n) is 10.5. The Morgan fingerprint density at radius 1 is 0.970 bits per heavy atom. The van der Waals surface area contributed by atoms with Gasteiger partial charge in [0.2, 0.25) is 0 Å². The summed E-state index contributed by atoms with van der Waals surface area (Å²) in [7, 11) is 0. The monoisotopic (exact) mass is 453 g/mol. The number of aromatic nitrogens is 3. The van der Waals surface area contributed by atoms with E-state index in [9.17, 15) is 4.79 Å². The van der Waals surface area contributed by atoms with Crippen molar-refractivity contribution in [3.05, 3.63) is 89.2 Å². The lowest BCUT2D eigenvalue weighted by atomic mass is 10.1. The van der Waals surface area contributed by atoms with Crippen LogP contribution in [-0.4, -0.2) is 20.9 Å². The molecule has 3 aromatic carbocycles. The number of carbonyl (C=O) groups excluding carboxylic acids is 1. The average molecular weight is 454 g/mol. The molecule has 3 N–H and O–H groups in total. The molecule has 0 radical (unpaired) electrons. The maximum Gasteiger partial charge on any atom is 0.259 e. The van der Waals surface area contributed by atoms with Crippen LogP contribution in [0.5, 0.6) is 11.5 Å². The topological polar surface area (TPSA) is 91.9 Å². The van der Waals surface area contributed by atoms with Crippen molar-refractivity contribution in [1.29, 1.82) is 0 Å². The number of fused-ring (bicyclic) bond motifs is 3. The predicted molar refractivity (Wildman–Crippen MR) is 129 cm³/mol. The third-order valence-corrected chi connectivity index (χ3v) is 6.54. The molecule has 1 amide bonds. The number of ether oxygens (including phenoxy) is 1. The van der Waals surface area contributed by atoms with Crippen molar-refractivity contribution < 1.29 is 9.53 Å². The number of benzene rings is 3. The summed E-state index contributed by atoms with van der Waals surface area (Å²) >= 11 is 1.67. The van der Waals surface area contributed by atoms with E-state index >= 15 is 0 Å². The molecule has 6 rings (SSSR count). The number of hydrogen-bond donors (Lipinski definition) is 3. The van der Waals surface area contributed by atoms with E-state index in [2.05, 4.69) is 31.7 Å². The Kier molecular flexibility index (Phi) is 4.86. The number of amides is 1. The summed E-state index contributed by atoms with van der Waals surface area (Å²) in [5.74, 6) is 1.03. The smallest absolute Gasteiger partial charge is 0.259 e. The number of thiazole rings is 1. The number of nitrogens with one attached hydrogen (secondary N) is 3. The van der Waals surface area contributed by atoms with Crippen LogP contribution in [0.3, 0.4) is 0 Å². The summed E-state index contributed by atoms with van der Waals surface area (Å²) in [4.78, 5) is 25.7. The molecule has 0 spiro atoms. The van der Waals surface area contributed by atoms with Crippen molar-refractivity contribution in [1.82, 2.24) is 20.3 Å². The fraction of sp³-hybridized carbons (Fsp3) is 0.0800. The molecule has 0 saturated carbocycles. The van der Waals surface area contributed by atoms with Crippen molar-refractivity contribution in [2.24, 2.45) is 0 Å². The van der Waals surface area contributed by atoms with E-state index in [4.69, 9.17) is 4.74 Å². The molecule has 33 heavy (non-hydrogen) atoms. The largest absolute Gasteiger partial charge is 0.454 e. The first-order valence-corrected chi connectivity index (χ1v) is 11.3. The van der Waals surface area contributed by atoms with Gasteiger partial charge in [0.1, 0.15) is 10.8 Å². The number of nitrogens with zero attached hydrogens (tertiary/aromatic N) is 2. The van der Waals surface area contributed by atoms with E-state index in [1.807, 2.05) is 48.7 Å². The molecule has 5 aromatic rings. The Hall–Kier alpha value is -4.01. The molecule has 0 aliphatic carbocycles. The molecule has 0 saturated heterocycles. The number of carbonyl (C=O) groups is 1. The molecule has 2 aromatic heterocycles. The van der Waals surface area contributed by atoms with E-state index in [-0.39, 0.29) is 5.91 Å². The molecule has 0 bridgehead atoms. The molecular weight excluding hydrogens is 434 g/mol. The van der Waals surface area contributed by atoms with Gasteiger partial charge in [-0.3, -0.25) is 4.79 Å². The van der Waals surface area contributed by atoms with Crippen LogP contribution < -0.4 is 15.4 Å². The second kappa shape index (κ2) is 8.16. The predicted octanol–water partition coefficient (Wildman–Crippen LogP) is 5.33. The van der Waals surface area contributed by atoms with Crippen molar-refractivity contribution in [3.8, 4) is 22.1 Å². The van der Waals surface area contributed by atoms with Crippen LogP contribution in [0.2, 0.25) is 0 Å². The number of rotatable bonds is 5. The zero-order valence-corrected chi connectivity index (χ0v) is 18.3. The molecule has 0 atom stereocenters. The van der Waals surface area contributed by atoms with Crippen LogP contribution in [0.1, 0.15) is 20.8 Å². The minimum Gasteiger partial charge on any atom is -0.454 e. The van der Waals surface area contributed by atoms with Gasteiger partial charge in [-0.1, -0.05) is 18.2 Å². The van der Waals surface area contributed by atoms with Crippen LogP contribution >= 0.6 is 11.3 Å². The standard InChI is InChI=1S/C25H19N5O2S/c31-24-18-3-1-2-4-22(18)32-23-8-5-15(9-21(23)30-24)11-26-12-17-13-27-25(33-17)16-6-7-19-20(10-16)29-14-28-19/h1-10,13-14,26H,11-12H2,(H,28,29)(H,30,31). The Balaban J connectivity index is 1.12. The Bertz CT molecular complexity index is 1490. The third kappa shape index (κ3) is 3.86. The van der Waals surface area contributed by atoms with Gasteiger partial charge in [0, 0.05) is 29.7 Å². The van der Waals surface area contributed by atoms with Crippen LogP contribution in [0, 0.1) is 0 Å². The van der Waals surface area contributed by atoms with Crippen LogP contribution in [0.4, 0.5) is 5.69 Å². The highest BCUT2D eigenvalue weighted by Crippen LogP contribution is 2.36. The van der Waals surface area contributed by atoms with E-state index in [1.165, 1.54) is 0 Å². The minimum absolute atomic E-state index is 0.167. The third-order valence-electron chi connectivity index (χ3n) is 5.49. The van der Waals surface area contributed by atoms with Crippen molar-refractivity contribution in [2.45, 2.75) is 13.1 Å². The summed E-state index contributed by atoms with van der Waals surface area (Å²) in [6.07, 6.45) is 3.61. The second-order valence-electron chi connectivity index (χ2n) is 7.75. The number of aromatic amines is 1. The number of H-pyrrole nitrogens is 1. The van der Waals surface area contributed by atoms with Crippen LogP contribution in [0.15, 0.2) is 73.2 Å². The summed E-state index contributed by atoms with van der Waals surface area (Å²) in [6.45, 7) is 1.36. The maximum atomic E-state index is 12.5. The molecule has 0 fully saturated rings. The molecule has 3 heterocycles. The first-order chi connectivity index (χ1) is 16.2. The number of para-hydroxylation sites is 1. The molecular formula is C25H19N5O2S. The quantitative estimate of drug-likeness (QED) is 0.334. The van der Waals surface area contributed by atoms with E-state index in [0.717, 1.165) is 32.0 Å². The Morgan fingerprint density at radius 2 is 1.91 bits per heavy atom. The van der Waals surface area contributed by atoms with E-state index < -0.39 is 0 Å². The van der Waals surface area contributed by atoms with Gasteiger partial charge in [0.15, 0.2) is 5.75 Å². The Morgan fingerprint density at radius 3 is 2.88 bits per heavy atom. The highest BCUT2D eigenvalue weighted by atomic mass is 32.1. The summed E-state index contributed by atoms with van der Waals surface area (Å²) in [6, 6.07) is 19.2. The van der Waals surface area contributed by atoms with Gasteiger partial charge in [0.25, 0.3) is 5.91 Å². The molecule has 1 aliphatic heterocycles. The van der Waals surface area contributed by atoms with Crippen LogP contribution in [-0.2, 0) is 13.1 Å². The van der Waals surface area contributed by atoms with Crippen molar-refractivity contribution >= 4 is 34.0 Å². The van der Waals surface area contributed by atoms with E-state index in [1.54, 1.807) is 29.8 Å². The summed E-state index contributed by atoms with van der Waals surface area (Å²) in [5, 5.41) is 7.39. The molecule has 8 heteroatoms. The number of anilines is 1. The summed E-state index contributed by atoms with van der Waals surface area (Å²) in [5.41, 5.74) is 5.28. The minimum atomic E-state index is -0.167. The van der Waals surface area contributed by atoms with Crippen molar-refractivity contribution in [2.75, 3.05) is 5.32 Å². The zero-order valence-electron chi connectivity index (χ0n) is 17.5. The van der Waals surface area contributed by atoms with Crippen LogP contribution in [0.25, 0.3) is 21.6 Å². The van der Waals surface area contributed by atoms with Gasteiger partial charge in [-0.25, -0.2) is 9.97 Å². The highest BCUT2D eigenvalue weighted by Gasteiger charge is 2.20. The van der Waals surface area contributed by atoms with Gasteiger partial charge >= 0.3 is 0 Å². The normalized spacial score (nSPS) is 12.5. The highest BCUT2D eigenvalue weighted by molar-refractivity contribution is 7.15. The fourth-order valence-electron chi connectivity index (χ4n) is 3.85. The fourth-order valence-corrected chi connectivity index (χ4v) is 4.72. The lowest BCUT2D eigenvalue weighted by Gasteiger charge is -2.10. The molecule has 0 unspecified atom stereocenters. The zero-order chi connectivity index (χ0) is 22.2. The maximum absolute atomic E-state index is 12.5. The van der Waals surface area contributed by atoms with Gasteiger partial charge in [-0.2, -0.15) is 0 Å². The van der Waals surface area contributed by atoms with E-state index in [0.29, 0.717) is 35.8 Å². The molecule has 7 nitrogen and oxygen atoms in total. The second-order valence-corrected chi connectivity index (χ2v) is 8.87. The van der Waals surface area contributed by atoms with Gasteiger partial charge < -0.3 is 20.4 Å². The molecule has 1 aliphatic rings. The lowest BCUT2D eigenvalue weighted by Crippen LogP contribution is -2.13. The molecule has 162 valence electrons. The van der Waals surface area contributed by atoms with Gasteiger partial charge in [-0.15, -0.1) is 11.3 Å².